The Labute approximate surface area is 137 Å². The monoisotopic (exact) mass is 340 g/mol. The van der Waals surface area contributed by atoms with Crippen LogP contribution in [0.15, 0.2) is 23.7 Å². The fraction of sp³-hybridized carbons (Fsp3) is 0.533. The van der Waals surface area contributed by atoms with E-state index in [2.05, 4.69) is 34.7 Å². The third kappa shape index (κ3) is 3.51. The molecule has 1 saturated carbocycles. The molecule has 1 aliphatic rings. The van der Waals surface area contributed by atoms with Crippen LogP contribution in [0.4, 0.5) is 0 Å². The highest BCUT2D eigenvalue weighted by Gasteiger charge is 2.44. The van der Waals surface area contributed by atoms with E-state index in [-0.39, 0.29) is 0 Å². The molecule has 1 aliphatic carbocycles. The van der Waals surface area contributed by atoms with Crippen LogP contribution >= 0.6 is 34.4 Å². The molecule has 2 aromatic rings. The van der Waals surface area contributed by atoms with E-state index in [0.29, 0.717) is 11.8 Å². The van der Waals surface area contributed by atoms with Gasteiger partial charge < -0.3 is 10.4 Å². The zero-order chi connectivity index (χ0) is 14.7. The highest BCUT2D eigenvalue weighted by Crippen LogP contribution is 2.40. The maximum atomic E-state index is 10.5. The molecule has 2 atom stereocenters. The number of nitrogens with zero attached hydrogens (tertiary/aromatic N) is 1. The summed E-state index contributed by atoms with van der Waals surface area (Å²) in [7, 11) is 0. The maximum Gasteiger partial charge on any atom is 0.133 e. The van der Waals surface area contributed by atoms with Gasteiger partial charge in [-0.25, -0.2) is 4.98 Å². The Balaban J connectivity index is 1.50. The minimum Gasteiger partial charge on any atom is -0.387 e. The number of hydrogen-bond acceptors (Lipinski definition) is 6. The van der Waals surface area contributed by atoms with Gasteiger partial charge in [0.2, 0.25) is 0 Å². The quantitative estimate of drug-likeness (QED) is 0.808. The number of aromatic nitrogens is 1. The number of aliphatic hydroxyl groups is 1. The number of nitrogens with one attached hydrogen (secondary N) is 1. The largest absolute Gasteiger partial charge is 0.387 e. The van der Waals surface area contributed by atoms with E-state index in [1.54, 1.807) is 22.7 Å². The standard InChI is InChI=1S/C15H20N2OS3/c1-2-19-13-5-6-15(13,18)10-16-8-11-9-17-14(21-11)12-4-3-7-20-12/h3-4,7,9,13,16,18H,2,5-6,8,10H2,1H3/t13-,15-/m1/s1. The molecule has 1 fully saturated rings. The lowest BCUT2D eigenvalue weighted by molar-refractivity contribution is -0.0234. The zero-order valence-electron chi connectivity index (χ0n) is 12.0. The lowest BCUT2D eigenvalue weighted by Gasteiger charge is -2.45. The van der Waals surface area contributed by atoms with Gasteiger partial charge in [0.25, 0.3) is 0 Å². The summed E-state index contributed by atoms with van der Waals surface area (Å²) < 4.78 is 0. The van der Waals surface area contributed by atoms with Gasteiger partial charge in [0.05, 0.1) is 10.5 Å². The molecule has 2 heterocycles. The van der Waals surface area contributed by atoms with Crippen LogP contribution in [0.5, 0.6) is 0 Å². The first kappa shape index (κ1) is 15.5. The van der Waals surface area contributed by atoms with Crippen LogP contribution in [0.3, 0.4) is 0 Å². The van der Waals surface area contributed by atoms with Gasteiger partial charge in [-0.15, -0.1) is 22.7 Å². The van der Waals surface area contributed by atoms with Crippen LogP contribution in [-0.4, -0.2) is 33.2 Å². The second kappa shape index (κ2) is 6.79. The molecule has 0 saturated heterocycles. The van der Waals surface area contributed by atoms with Crippen LogP contribution in [0.1, 0.15) is 24.6 Å². The fourth-order valence-electron chi connectivity index (χ4n) is 2.54. The first-order valence-corrected chi connectivity index (χ1v) is 9.99. The molecule has 21 heavy (non-hydrogen) atoms. The molecule has 0 aliphatic heterocycles. The molecule has 0 bridgehead atoms. The minimum atomic E-state index is -0.512. The number of rotatable bonds is 7. The molecule has 0 spiro atoms. The number of thioether (sulfide) groups is 1. The summed E-state index contributed by atoms with van der Waals surface area (Å²) >= 11 is 5.32. The molecule has 0 aromatic carbocycles. The molecule has 6 heteroatoms. The molecule has 3 nitrogen and oxygen atoms in total. The molecule has 114 valence electrons. The molecular weight excluding hydrogens is 320 g/mol. The molecule has 3 rings (SSSR count). The highest BCUT2D eigenvalue weighted by molar-refractivity contribution is 8.00. The van der Waals surface area contributed by atoms with Crippen molar-refractivity contribution >= 4 is 34.4 Å². The van der Waals surface area contributed by atoms with Crippen molar-refractivity contribution in [2.45, 2.75) is 37.2 Å². The Hall–Kier alpha value is -0.400. The molecule has 0 radical (unpaired) electrons. The topological polar surface area (TPSA) is 45.1 Å². The van der Waals surface area contributed by atoms with Gasteiger partial charge in [-0.05, 0) is 30.0 Å². The highest BCUT2D eigenvalue weighted by atomic mass is 32.2. The van der Waals surface area contributed by atoms with Crippen molar-refractivity contribution in [3.63, 3.8) is 0 Å². The Bertz CT molecular complexity index is 569. The predicted octanol–water partition coefficient (Wildman–Crippen LogP) is 3.61. The number of thiophene rings is 1. The zero-order valence-corrected chi connectivity index (χ0v) is 14.5. The lowest BCUT2D eigenvalue weighted by atomic mass is 9.79. The Morgan fingerprint density at radius 1 is 1.57 bits per heavy atom. The summed E-state index contributed by atoms with van der Waals surface area (Å²) in [5.41, 5.74) is -0.512. The summed E-state index contributed by atoms with van der Waals surface area (Å²) in [5, 5.41) is 17.5. The number of hydrogen-bond donors (Lipinski definition) is 2. The van der Waals surface area contributed by atoms with E-state index < -0.39 is 5.60 Å². The van der Waals surface area contributed by atoms with Crippen molar-refractivity contribution in [3.05, 3.63) is 28.6 Å². The third-order valence-electron chi connectivity index (χ3n) is 3.82. The predicted molar refractivity (Wildman–Crippen MR) is 93.2 cm³/mol. The van der Waals surface area contributed by atoms with E-state index in [1.807, 2.05) is 18.0 Å². The maximum absolute atomic E-state index is 10.5. The molecular formula is C15H20N2OS3. The van der Waals surface area contributed by atoms with Gasteiger partial charge in [0.15, 0.2) is 0 Å². The van der Waals surface area contributed by atoms with E-state index in [1.165, 1.54) is 9.75 Å². The van der Waals surface area contributed by atoms with Crippen LogP contribution in [0, 0.1) is 0 Å². The van der Waals surface area contributed by atoms with Gasteiger partial charge in [-0.3, -0.25) is 0 Å². The lowest BCUT2D eigenvalue weighted by Crippen LogP contribution is -2.56. The van der Waals surface area contributed by atoms with Crippen molar-refractivity contribution in [1.29, 1.82) is 0 Å². The third-order valence-corrected chi connectivity index (χ3v) is 7.27. The van der Waals surface area contributed by atoms with Gasteiger partial charge in [-0.1, -0.05) is 13.0 Å². The minimum absolute atomic E-state index is 0.401. The van der Waals surface area contributed by atoms with E-state index >= 15 is 0 Å². The van der Waals surface area contributed by atoms with Crippen molar-refractivity contribution in [3.8, 4) is 9.88 Å². The van der Waals surface area contributed by atoms with E-state index in [4.69, 9.17) is 0 Å². The van der Waals surface area contributed by atoms with E-state index in [0.717, 1.165) is 30.1 Å². The van der Waals surface area contributed by atoms with Gasteiger partial charge in [-0.2, -0.15) is 11.8 Å². The van der Waals surface area contributed by atoms with Crippen molar-refractivity contribution in [2.75, 3.05) is 12.3 Å². The van der Waals surface area contributed by atoms with Gasteiger partial charge >= 0.3 is 0 Å². The summed E-state index contributed by atoms with van der Waals surface area (Å²) in [6.45, 7) is 3.62. The summed E-state index contributed by atoms with van der Waals surface area (Å²) in [6.07, 6.45) is 4.00. The summed E-state index contributed by atoms with van der Waals surface area (Å²) in [5.74, 6) is 1.08. The van der Waals surface area contributed by atoms with Gasteiger partial charge in [0, 0.05) is 29.4 Å². The van der Waals surface area contributed by atoms with Crippen LogP contribution in [0.2, 0.25) is 0 Å². The Morgan fingerprint density at radius 3 is 3.14 bits per heavy atom. The van der Waals surface area contributed by atoms with Crippen LogP contribution < -0.4 is 5.32 Å². The number of thiazole rings is 1. The molecule has 2 aromatic heterocycles. The Morgan fingerprint density at radius 2 is 2.48 bits per heavy atom. The SMILES string of the molecule is CCS[C@@H]1CC[C@@]1(O)CNCc1cnc(-c2cccs2)s1. The summed E-state index contributed by atoms with van der Waals surface area (Å²) in [4.78, 5) is 6.92. The van der Waals surface area contributed by atoms with Crippen molar-refractivity contribution in [1.82, 2.24) is 10.3 Å². The molecule has 0 unspecified atom stereocenters. The Kier molecular flexibility index (Phi) is 5.01. The van der Waals surface area contributed by atoms with Crippen LogP contribution in [0.25, 0.3) is 9.88 Å². The first-order valence-electron chi connectivity index (χ1n) is 7.24. The van der Waals surface area contributed by atoms with E-state index in [9.17, 15) is 5.11 Å². The van der Waals surface area contributed by atoms with Crippen LogP contribution in [-0.2, 0) is 6.54 Å². The normalized spacial score (nSPS) is 25.0. The van der Waals surface area contributed by atoms with Crippen molar-refractivity contribution in [2.24, 2.45) is 0 Å². The van der Waals surface area contributed by atoms with Gasteiger partial charge in [0.1, 0.15) is 5.01 Å². The average molecular weight is 341 g/mol. The molecule has 2 N–H and O–H groups in total. The first-order chi connectivity index (χ1) is 10.2. The average Bonchev–Trinajstić information content (AvgIpc) is 3.14. The fourth-order valence-corrected chi connectivity index (χ4v) is 5.43. The second-order valence-corrected chi connectivity index (χ2v) is 8.84. The smallest absolute Gasteiger partial charge is 0.133 e. The second-order valence-electron chi connectivity index (χ2n) is 5.30. The van der Waals surface area contributed by atoms with Crippen molar-refractivity contribution < 1.29 is 5.11 Å². The molecule has 0 amide bonds. The summed E-state index contributed by atoms with van der Waals surface area (Å²) in [6, 6.07) is 4.15.